The van der Waals surface area contributed by atoms with E-state index in [4.69, 9.17) is 4.42 Å². The Morgan fingerprint density at radius 1 is 1.35 bits per heavy atom. The summed E-state index contributed by atoms with van der Waals surface area (Å²) in [7, 11) is 0. The monoisotopic (exact) mass is 271 g/mol. The van der Waals surface area contributed by atoms with Gasteiger partial charge < -0.3 is 4.42 Å². The van der Waals surface area contributed by atoms with Gasteiger partial charge in [0.15, 0.2) is 5.89 Å². The first-order valence-corrected chi connectivity index (χ1v) is 7.29. The second-order valence-corrected chi connectivity index (χ2v) is 5.83. The van der Waals surface area contributed by atoms with E-state index in [0.717, 1.165) is 24.7 Å². The largest absolute Gasteiger partial charge is 0.448 e. The van der Waals surface area contributed by atoms with Crippen LogP contribution in [0.1, 0.15) is 49.8 Å². The van der Waals surface area contributed by atoms with Gasteiger partial charge >= 0.3 is 0 Å². The molecule has 1 aliphatic rings. The van der Waals surface area contributed by atoms with Gasteiger partial charge in [0.1, 0.15) is 6.26 Å². The van der Waals surface area contributed by atoms with Gasteiger partial charge in [-0.05, 0) is 24.5 Å². The molecule has 0 unspecified atom stereocenters. The Bertz CT molecular complexity index is 546. The van der Waals surface area contributed by atoms with Gasteiger partial charge in [-0.25, -0.2) is 4.98 Å². The Hall–Kier alpha value is -1.68. The number of aromatic nitrogens is 2. The molecule has 0 radical (unpaired) electrons. The number of hydrogen-bond acceptors (Lipinski definition) is 4. The third kappa shape index (κ3) is 3.25. The van der Waals surface area contributed by atoms with Crippen LogP contribution in [0, 0.1) is 0 Å². The molecule has 0 bridgehead atoms. The van der Waals surface area contributed by atoms with Crippen LogP contribution in [-0.4, -0.2) is 20.9 Å². The summed E-state index contributed by atoms with van der Waals surface area (Å²) in [6.45, 7) is 5.99. The highest BCUT2D eigenvalue weighted by atomic mass is 16.3. The van der Waals surface area contributed by atoms with Crippen LogP contribution in [0.25, 0.3) is 0 Å². The van der Waals surface area contributed by atoms with Crippen molar-refractivity contribution in [2.75, 3.05) is 0 Å². The Morgan fingerprint density at radius 3 is 2.80 bits per heavy atom. The molecule has 106 valence electrons. The van der Waals surface area contributed by atoms with Crippen LogP contribution < -0.4 is 0 Å². The van der Waals surface area contributed by atoms with E-state index in [1.54, 1.807) is 6.26 Å². The summed E-state index contributed by atoms with van der Waals surface area (Å²) in [6, 6.07) is 4.81. The zero-order valence-corrected chi connectivity index (χ0v) is 12.1. The lowest BCUT2D eigenvalue weighted by Gasteiger charge is -2.20. The van der Waals surface area contributed by atoms with Crippen LogP contribution in [0.2, 0.25) is 0 Å². The average molecular weight is 271 g/mol. The third-order valence-corrected chi connectivity index (χ3v) is 3.60. The molecule has 0 N–H and O–H groups in total. The van der Waals surface area contributed by atoms with Gasteiger partial charge in [0.25, 0.3) is 0 Å². The van der Waals surface area contributed by atoms with Crippen molar-refractivity contribution in [3.63, 3.8) is 0 Å². The second kappa shape index (κ2) is 5.75. The Kier molecular flexibility index (Phi) is 3.83. The number of pyridine rings is 1. The lowest BCUT2D eigenvalue weighted by molar-refractivity contribution is 0.242. The third-order valence-electron chi connectivity index (χ3n) is 3.60. The summed E-state index contributed by atoms with van der Waals surface area (Å²) >= 11 is 0. The van der Waals surface area contributed by atoms with Gasteiger partial charge in [-0.1, -0.05) is 19.9 Å². The molecule has 2 aromatic rings. The number of rotatable bonds is 6. The summed E-state index contributed by atoms with van der Waals surface area (Å²) in [5.74, 6) is 1.17. The smallest absolute Gasteiger partial charge is 0.196 e. The molecule has 0 aromatic carbocycles. The normalized spacial score (nSPS) is 15.2. The van der Waals surface area contributed by atoms with Crippen LogP contribution in [0.4, 0.5) is 0 Å². The van der Waals surface area contributed by atoms with E-state index in [1.807, 2.05) is 18.5 Å². The first kappa shape index (κ1) is 13.3. The highest BCUT2D eigenvalue weighted by Gasteiger charge is 2.29. The molecule has 2 heterocycles. The summed E-state index contributed by atoms with van der Waals surface area (Å²) in [6.07, 6.45) is 8.13. The fraction of sp³-hybridized carbons (Fsp3) is 0.500. The Morgan fingerprint density at radius 2 is 2.20 bits per heavy atom. The van der Waals surface area contributed by atoms with E-state index in [1.165, 1.54) is 18.4 Å². The lowest BCUT2D eigenvalue weighted by atomic mass is 10.2. The molecule has 3 rings (SSSR count). The second-order valence-electron chi connectivity index (χ2n) is 5.83. The summed E-state index contributed by atoms with van der Waals surface area (Å²) in [5, 5.41) is 0. The number of nitrogens with zero attached hydrogens (tertiary/aromatic N) is 3. The van der Waals surface area contributed by atoms with Crippen molar-refractivity contribution < 1.29 is 4.42 Å². The molecule has 1 fully saturated rings. The summed E-state index contributed by atoms with van der Waals surface area (Å²) in [5.41, 5.74) is 2.29. The zero-order chi connectivity index (χ0) is 13.9. The standard InChI is InChI=1S/C16H21N3O/c1-12(2)16-18-14(11-20-16)10-19(15-5-6-15)9-13-4-3-7-17-8-13/h3-4,7-8,11-12,15H,5-6,9-10H2,1-2H3. The maximum Gasteiger partial charge on any atom is 0.196 e. The van der Waals surface area contributed by atoms with Gasteiger partial charge in [-0.2, -0.15) is 0 Å². The highest BCUT2D eigenvalue weighted by Crippen LogP contribution is 2.29. The molecule has 1 aliphatic carbocycles. The SMILES string of the molecule is CC(C)c1nc(CN(Cc2cccnc2)C2CC2)co1. The van der Waals surface area contributed by atoms with Crippen molar-refractivity contribution in [2.24, 2.45) is 0 Å². The number of oxazole rings is 1. The van der Waals surface area contributed by atoms with Crippen molar-refractivity contribution in [1.29, 1.82) is 0 Å². The highest BCUT2D eigenvalue weighted by molar-refractivity contribution is 5.10. The Balaban J connectivity index is 1.68. The fourth-order valence-electron chi connectivity index (χ4n) is 2.35. The predicted molar refractivity (Wildman–Crippen MR) is 77.1 cm³/mol. The van der Waals surface area contributed by atoms with E-state index >= 15 is 0 Å². The van der Waals surface area contributed by atoms with Crippen LogP contribution in [0.3, 0.4) is 0 Å². The fourth-order valence-corrected chi connectivity index (χ4v) is 2.35. The van der Waals surface area contributed by atoms with Crippen LogP contribution in [0.15, 0.2) is 35.2 Å². The van der Waals surface area contributed by atoms with E-state index in [-0.39, 0.29) is 0 Å². The Labute approximate surface area is 119 Å². The minimum atomic E-state index is 0.344. The topological polar surface area (TPSA) is 42.2 Å². The van der Waals surface area contributed by atoms with E-state index in [2.05, 4.69) is 34.8 Å². The van der Waals surface area contributed by atoms with E-state index in [9.17, 15) is 0 Å². The zero-order valence-electron chi connectivity index (χ0n) is 12.1. The molecule has 0 saturated heterocycles. The molecule has 4 nitrogen and oxygen atoms in total. The van der Waals surface area contributed by atoms with Crippen molar-refractivity contribution >= 4 is 0 Å². The average Bonchev–Trinajstić information content (AvgIpc) is 3.19. The van der Waals surface area contributed by atoms with E-state index < -0.39 is 0 Å². The lowest BCUT2D eigenvalue weighted by Crippen LogP contribution is -2.25. The summed E-state index contributed by atoms with van der Waals surface area (Å²) in [4.78, 5) is 11.2. The molecular weight excluding hydrogens is 250 g/mol. The van der Waals surface area contributed by atoms with Gasteiger partial charge in [-0.15, -0.1) is 0 Å². The van der Waals surface area contributed by atoms with Gasteiger partial charge in [0.2, 0.25) is 0 Å². The maximum absolute atomic E-state index is 5.53. The molecule has 0 aliphatic heterocycles. The van der Waals surface area contributed by atoms with Gasteiger partial charge in [-0.3, -0.25) is 9.88 Å². The molecule has 0 atom stereocenters. The quantitative estimate of drug-likeness (QED) is 0.808. The van der Waals surface area contributed by atoms with Gasteiger partial charge in [0.05, 0.1) is 5.69 Å². The molecular formula is C16H21N3O. The van der Waals surface area contributed by atoms with E-state index in [0.29, 0.717) is 12.0 Å². The first-order valence-electron chi connectivity index (χ1n) is 7.29. The molecule has 0 amide bonds. The molecule has 4 heteroatoms. The van der Waals surface area contributed by atoms with Crippen LogP contribution >= 0.6 is 0 Å². The number of hydrogen-bond donors (Lipinski definition) is 0. The minimum Gasteiger partial charge on any atom is -0.448 e. The maximum atomic E-state index is 5.53. The first-order chi connectivity index (χ1) is 9.72. The van der Waals surface area contributed by atoms with Crippen molar-refractivity contribution in [3.05, 3.63) is 47.9 Å². The van der Waals surface area contributed by atoms with Crippen molar-refractivity contribution in [3.8, 4) is 0 Å². The summed E-state index contributed by atoms with van der Waals surface area (Å²) < 4.78 is 5.53. The predicted octanol–water partition coefficient (Wildman–Crippen LogP) is 3.36. The molecule has 1 saturated carbocycles. The van der Waals surface area contributed by atoms with Gasteiger partial charge in [0, 0.05) is 37.4 Å². The van der Waals surface area contributed by atoms with Crippen LogP contribution in [0.5, 0.6) is 0 Å². The van der Waals surface area contributed by atoms with Crippen LogP contribution in [-0.2, 0) is 13.1 Å². The molecule has 0 spiro atoms. The van der Waals surface area contributed by atoms with Crippen molar-refractivity contribution in [1.82, 2.24) is 14.9 Å². The molecule has 20 heavy (non-hydrogen) atoms. The molecule has 2 aromatic heterocycles. The van der Waals surface area contributed by atoms with Crippen molar-refractivity contribution in [2.45, 2.75) is 51.7 Å². The minimum absolute atomic E-state index is 0.344.